The van der Waals surface area contributed by atoms with Gasteiger partial charge in [0.2, 0.25) is 5.91 Å². The number of benzene rings is 1. The van der Waals surface area contributed by atoms with Gasteiger partial charge in [-0.25, -0.2) is 9.78 Å². The molecule has 1 aromatic heterocycles. The Morgan fingerprint density at radius 3 is 2.42 bits per heavy atom. The highest BCUT2D eigenvalue weighted by atomic mass is 32.1. The normalized spacial score (nSPS) is 11.3. The van der Waals surface area contributed by atoms with E-state index in [1.807, 2.05) is 5.38 Å². The van der Waals surface area contributed by atoms with Crippen LogP contribution in [0.3, 0.4) is 0 Å². The zero-order valence-corrected chi connectivity index (χ0v) is 14.9. The molecule has 0 aliphatic heterocycles. The Morgan fingerprint density at radius 1 is 1.21 bits per heavy atom. The molecule has 6 heteroatoms. The predicted octanol–water partition coefficient (Wildman–Crippen LogP) is 3.39. The molecule has 24 heavy (non-hydrogen) atoms. The van der Waals surface area contributed by atoms with Crippen molar-refractivity contribution in [3.05, 3.63) is 51.5 Å². The van der Waals surface area contributed by atoms with Crippen LogP contribution < -0.4 is 5.32 Å². The fraction of sp³-hybridized carbons (Fsp3) is 0.389. The lowest BCUT2D eigenvalue weighted by Gasteiger charge is -2.14. The van der Waals surface area contributed by atoms with Gasteiger partial charge in [0.15, 0.2) is 0 Å². The molecule has 1 aromatic carbocycles. The number of aromatic nitrogens is 1. The molecule has 1 heterocycles. The van der Waals surface area contributed by atoms with E-state index in [-0.39, 0.29) is 16.9 Å². The molecule has 0 aliphatic rings. The van der Waals surface area contributed by atoms with Crippen molar-refractivity contribution >= 4 is 23.2 Å². The van der Waals surface area contributed by atoms with Crippen LogP contribution in [-0.2, 0) is 23.2 Å². The molecule has 0 radical (unpaired) electrons. The highest BCUT2D eigenvalue weighted by Crippen LogP contribution is 2.23. The van der Waals surface area contributed by atoms with Gasteiger partial charge < -0.3 is 10.4 Å². The lowest BCUT2D eigenvalue weighted by atomic mass is 9.93. The molecule has 128 valence electrons. The first-order valence-corrected chi connectivity index (χ1v) is 8.67. The summed E-state index contributed by atoms with van der Waals surface area (Å²) in [4.78, 5) is 27.3. The lowest BCUT2D eigenvalue weighted by Crippen LogP contribution is -2.23. The van der Waals surface area contributed by atoms with Crippen molar-refractivity contribution in [1.82, 2.24) is 10.3 Å². The Kier molecular flexibility index (Phi) is 5.72. The number of carbonyl (C=O) groups excluding carboxylic acids is 1. The van der Waals surface area contributed by atoms with Gasteiger partial charge in [-0.3, -0.25) is 4.79 Å². The Labute approximate surface area is 145 Å². The Morgan fingerprint density at radius 2 is 1.88 bits per heavy atom. The number of nitrogens with zero attached hydrogens (tertiary/aromatic N) is 1. The van der Waals surface area contributed by atoms with Crippen LogP contribution in [0.2, 0.25) is 0 Å². The van der Waals surface area contributed by atoms with Crippen molar-refractivity contribution in [3.63, 3.8) is 0 Å². The topological polar surface area (TPSA) is 79.3 Å². The summed E-state index contributed by atoms with van der Waals surface area (Å²) in [6, 6.07) is 6.60. The number of carboxylic acid groups (broad SMARTS) is 1. The van der Waals surface area contributed by atoms with Crippen molar-refractivity contribution in [3.8, 4) is 0 Å². The maximum atomic E-state index is 11.9. The van der Waals surface area contributed by atoms with E-state index in [9.17, 15) is 9.59 Å². The molecule has 2 aromatic rings. The van der Waals surface area contributed by atoms with Crippen LogP contribution in [0.5, 0.6) is 0 Å². The molecule has 0 saturated carbocycles. The maximum absolute atomic E-state index is 11.9. The van der Waals surface area contributed by atoms with Crippen LogP contribution in [-0.4, -0.2) is 22.0 Å². The summed E-state index contributed by atoms with van der Waals surface area (Å²) in [6.45, 7) is 6.78. The smallest absolute Gasteiger partial charge is 0.335 e. The number of carbonyl (C=O) groups is 2. The van der Waals surface area contributed by atoms with Gasteiger partial charge in [0.1, 0.15) is 5.01 Å². The summed E-state index contributed by atoms with van der Waals surface area (Å²) in [5.74, 6) is -0.984. The van der Waals surface area contributed by atoms with Crippen LogP contribution >= 0.6 is 11.3 Å². The Balaban J connectivity index is 1.79. The molecule has 0 saturated heterocycles. The standard InChI is InChI=1S/C18H22N2O3S/c1-18(2,3)14-11-24-16(20-14)10-19-15(21)9-6-12-4-7-13(8-5-12)17(22)23/h4-5,7-8,11H,6,9-10H2,1-3H3,(H,19,21)(H,22,23). The molecule has 0 atom stereocenters. The second kappa shape index (κ2) is 7.57. The average Bonchev–Trinajstić information content (AvgIpc) is 3.00. The van der Waals surface area contributed by atoms with Crippen LogP contribution in [0.4, 0.5) is 0 Å². The van der Waals surface area contributed by atoms with Gasteiger partial charge >= 0.3 is 5.97 Å². The minimum atomic E-state index is -0.947. The molecule has 0 fully saturated rings. The highest BCUT2D eigenvalue weighted by Gasteiger charge is 2.17. The average molecular weight is 346 g/mol. The second-order valence-corrected chi connectivity index (χ2v) is 7.60. The Hall–Kier alpha value is -2.21. The van der Waals surface area contributed by atoms with E-state index in [1.54, 1.807) is 35.6 Å². The van der Waals surface area contributed by atoms with Crippen molar-refractivity contribution in [1.29, 1.82) is 0 Å². The molecular formula is C18H22N2O3S. The van der Waals surface area contributed by atoms with E-state index < -0.39 is 5.97 Å². The van der Waals surface area contributed by atoms with Gasteiger partial charge in [-0.1, -0.05) is 32.9 Å². The number of aryl methyl sites for hydroxylation is 1. The lowest BCUT2D eigenvalue weighted by molar-refractivity contribution is -0.121. The van der Waals surface area contributed by atoms with Crippen molar-refractivity contribution in [2.24, 2.45) is 0 Å². The van der Waals surface area contributed by atoms with Gasteiger partial charge in [-0.2, -0.15) is 0 Å². The zero-order chi connectivity index (χ0) is 17.7. The summed E-state index contributed by atoms with van der Waals surface area (Å²) in [7, 11) is 0. The first-order chi connectivity index (χ1) is 11.3. The van der Waals surface area contributed by atoms with Gasteiger partial charge in [0, 0.05) is 17.2 Å². The number of aromatic carboxylic acids is 1. The third-order valence-corrected chi connectivity index (χ3v) is 4.45. The number of amides is 1. The van der Waals surface area contributed by atoms with E-state index in [0.717, 1.165) is 16.3 Å². The van der Waals surface area contributed by atoms with Gasteiger partial charge in [-0.05, 0) is 24.1 Å². The number of rotatable bonds is 6. The van der Waals surface area contributed by atoms with Crippen LogP contribution in [0.15, 0.2) is 29.6 Å². The third-order valence-electron chi connectivity index (χ3n) is 3.60. The van der Waals surface area contributed by atoms with Crippen molar-refractivity contribution < 1.29 is 14.7 Å². The van der Waals surface area contributed by atoms with Gasteiger partial charge in [0.25, 0.3) is 0 Å². The molecule has 1 amide bonds. The van der Waals surface area contributed by atoms with Crippen LogP contribution in [0.1, 0.15) is 53.8 Å². The summed E-state index contributed by atoms with van der Waals surface area (Å²) in [5, 5.41) is 14.7. The monoisotopic (exact) mass is 346 g/mol. The molecule has 2 rings (SSSR count). The number of hydrogen-bond donors (Lipinski definition) is 2. The quantitative estimate of drug-likeness (QED) is 0.840. The summed E-state index contributed by atoms with van der Waals surface area (Å²) >= 11 is 1.56. The second-order valence-electron chi connectivity index (χ2n) is 6.66. The minimum Gasteiger partial charge on any atom is -0.478 e. The van der Waals surface area contributed by atoms with Gasteiger partial charge in [-0.15, -0.1) is 11.3 Å². The van der Waals surface area contributed by atoms with E-state index in [0.29, 0.717) is 19.4 Å². The Bertz CT molecular complexity index is 715. The molecule has 5 nitrogen and oxygen atoms in total. The first kappa shape index (κ1) is 18.1. The molecule has 0 bridgehead atoms. The number of carboxylic acids is 1. The largest absolute Gasteiger partial charge is 0.478 e. The number of nitrogens with one attached hydrogen (secondary N) is 1. The summed E-state index contributed by atoms with van der Waals surface area (Å²) in [5.41, 5.74) is 2.25. The minimum absolute atomic E-state index is 0.0148. The summed E-state index contributed by atoms with van der Waals surface area (Å²) in [6.07, 6.45) is 0.945. The molecule has 0 aliphatic carbocycles. The molecular weight excluding hydrogens is 324 g/mol. The van der Waals surface area contributed by atoms with E-state index in [2.05, 4.69) is 31.1 Å². The fourth-order valence-corrected chi connectivity index (χ4v) is 3.03. The van der Waals surface area contributed by atoms with E-state index in [4.69, 9.17) is 5.11 Å². The SMILES string of the molecule is CC(C)(C)c1csc(CNC(=O)CCc2ccc(C(=O)O)cc2)n1. The predicted molar refractivity (Wildman–Crippen MR) is 94.4 cm³/mol. The van der Waals surface area contributed by atoms with Crippen LogP contribution in [0.25, 0.3) is 0 Å². The summed E-state index contributed by atoms with van der Waals surface area (Å²) < 4.78 is 0. The number of hydrogen-bond acceptors (Lipinski definition) is 4. The first-order valence-electron chi connectivity index (χ1n) is 7.79. The van der Waals surface area contributed by atoms with Crippen molar-refractivity contribution in [2.45, 2.75) is 45.6 Å². The van der Waals surface area contributed by atoms with E-state index in [1.165, 1.54) is 0 Å². The van der Waals surface area contributed by atoms with Gasteiger partial charge in [0.05, 0.1) is 17.8 Å². The molecule has 0 unspecified atom stereocenters. The highest BCUT2D eigenvalue weighted by molar-refractivity contribution is 7.09. The zero-order valence-electron chi connectivity index (χ0n) is 14.1. The number of thiazole rings is 1. The van der Waals surface area contributed by atoms with Crippen LogP contribution in [0, 0.1) is 0 Å². The maximum Gasteiger partial charge on any atom is 0.335 e. The third kappa shape index (κ3) is 5.16. The molecule has 2 N–H and O–H groups in total. The molecule has 0 spiro atoms. The van der Waals surface area contributed by atoms with E-state index >= 15 is 0 Å². The fourth-order valence-electron chi connectivity index (χ4n) is 2.07. The van der Waals surface area contributed by atoms with Crippen molar-refractivity contribution in [2.75, 3.05) is 0 Å².